The smallest absolute Gasteiger partial charge is 0.406 e. The molecule has 0 unspecified atom stereocenters. The maximum absolute atomic E-state index is 13.8. The minimum Gasteiger partial charge on any atom is -0.406 e. The molecule has 4 rings (SSSR count). The Bertz CT molecular complexity index is 1530. The number of halogens is 6. The summed E-state index contributed by atoms with van der Waals surface area (Å²) in [7, 11) is 0. The largest absolute Gasteiger partial charge is 0.573 e. The van der Waals surface area contributed by atoms with Crippen molar-refractivity contribution >= 4 is 28.4 Å². The molecule has 0 atom stereocenters. The molecule has 0 radical (unpaired) electrons. The first-order chi connectivity index (χ1) is 17.7. The van der Waals surface area contributed by atoms with Crippen molar-refractivity contribution in [3.05, 3.63) is 82.8 Å². The van der Waals surface area contributed by atoms with E-state index >= 15 is 0 Å². The van der Waals surface area contributed by atoms with Gasteiger partial charge in [0, 0.05) is 5.39 Å². The number of nitrogens with one attached hydrogen (secondary N) is 1. The zero-order chi connectivity index (χ0) is 27.8. The number of carbonyl (C=O) groups excluding carboxylic acids is 2. The summed E-state index contributed by atoms with van der Waals surface area (Å²) in [4.78, 5) is 28.9. The monoisotopic (exact) mass is 537 g/mol. The Morgan fingerprint density at radius 1 is 1.03 bits per heavy atom. The van der Waals surface area contributed by atoms with Crippen LogP contribution in [-0.2, 0) is 12.7 Å². The number of benzene rings is 2. The first kappa shape index (κ1) is 26.4. The van der Waals surface area contributed by atoms with Crippen molar-refractivity contribution in [1.29, 1.82) is 0 Å². The van der Waals surface area contributed by atoms with Crippen molar-refractivity contribution in [3.8, 4) is 5.75 Å². The molecule has 2 amide bonds. The highest BCUT2D eigenvalue weighted by Gasteiger charge is 2.39. The number of amides is 2. The first-order valence-electron chi connectivity index (χ1n) is 10.7. The van der Waals surface area contributed by atoms with Crippen molar-refractivity contribution in [1.82, 2.24) is 14.8 Å². The van der Waals surface area contributed by atoms with Crippen molar-refractivity contribution < 1.29 is 40.7 Å². The molecule has 3 N–H and O–H groups in total. The Hall–Kier alpha value is -4.62. The van der Waals surface area contributed by atoms with E-state index in [2.05, 4.69) is 20.1 Å². The molecule has 8 nitrogen and oxygen atoms in total. The van der Waals surface area contributed by atoms with Gasteiger partial charge < -0.3 is 15.8 Å². The van der Waals surface area contributed by atoms with E-state index in [0.29, 0.717) is 5.56 Å². The molecule has 0 saturated carbocycles. The third-order valence-electron chi connectivity index (χ3n) is 5.42. The van der Waals surface area contributed by atoms with E-state index in [4.69, 9.17) is 5.73 Å². The van der Waals surface area contributed by atoms with E-state index in [1.807, 2.05) is 0 Å². The number of anilines is 1. The van der Waals surface area contributed by atoms with Crippen LogP contribution in [0.4, 0.5) is 32.0 Å². The molecule has 198 valence electrons. The van der Waals surface area contributed by atoms with Gasteiger partial charge in [-0.25, -0.2) is 4.98 Å². The molecule has 14 heteroatoms. The van der Waals surface area contributed by atoms with Crippen molar-refractivity contribution in [3.63, 3.8) is 0 Å². The standard InChI is InChI=1S/C24H17F6N5O3/c1-12-19(33-22(37)16-10-18(21(31)36)32-17-5-3-2-4-15(16)17)20(23(25,26)27)34-35(12)11-13-6-8-14(9-7-13)38-24(28,29)30/h2-10H,11H2,1H3,(H2,31,36)(H,33,37). The lowest BCUT2D eigenvalue weighted by atomic mass is 10.1. The number of pyridine rings is 1. The number of hydrogen-bond donors (Lipinski definition) is 2. The topological polar surface area (TPSA) is 112 Å². The summed E-state index contributed by atoms with van der Waals surface area (Å²) in [6.07, 6.45) is -9.85. The number of carbonyl (C=O) groups is 2. The highest BCUT2D eigenvalue weighted by Crippen LogP contribution is 2.36. The Balaban J connectivity index is 1.69. The van der Waals surface area contributed by atoms with E-state index in [9.17, 15) is 35.9 Å². The minimum atomic E-state index is -4.96. The average molecular weight is 537 g/mol. The van der Waals surface area contributed by atoms with Gasteiger partial charge in [-0.05, 0) is 36.8 Å². The molecule has 2 aromatic carbocycles. The van der Waals surface area contributed by atoms with Crippen molar-refractivity contribution in [2.45, 2.75) is 26.0 Å². The summed E-state index contributed by atoms with van der Waals surface area (Å²) in [5.41, 5.74) is 3.38. The van der Waals surface area contributed by atoms with Gasteiger partial charge in [0.25, 0.3) is 11.8 Å². The van der Waals surface area contributed by atoms with Crippen LogP contribution in [-0.4, -0.2) is 32.9 Å². The van der Waals surface area contributed by atoms with Gasteiger partial charge in [-0.15, -0.1) is 13.2 Å². The number of aromatic nitrogens is 3. The predicted molar refractivity (Wildman–Crippen MR) is 122 cm³/mol. The predicted octanol–water partition coefficient (Wildman–Crippen LogP) is 5.06. The van der Waals surface area contributed by atoms with E-state index in [1.165, 1.54) is 31.2 Å². The van der Waals surface area contributed by atoms with Gasteiger partial charge in [-0.3, -0.25) is 14.3 Å². The SMILES string of the molecule is Cc1c(NC(=O)c2cc(C(N)=O)nc3ccccc23)c(C(F)(F)F)nn1Cc1ccc(OC(F)(F)F)cc1. The zero-order valence-electron chi connectivity index (χ0n) is 19.3. The number of para-hydroxylation sites is 1. The number of ether oxygens (including phenoxy) is 1. The van der Waals surface area contributed by atoms with E-state index < -0.39 is 41.5 Å². The van der Waals surface area contributed by atoms with E-state index in [0.717, 1.165) is 22.9 Å². The fourth-order valence-corrected chi connectivity index (χ4v) is 3.69. The van der Waals surface area contributed by atoms with Gasteiger partial charge in [0.2, 0.25) is 0 Å². The molecule has 0 aliphatic heterocycles. The molecule has 0 saturated heterocycles. The van der Waals surface area contributed by atoms with Crippen LogP contribution >= 0.6 is 0 Å². The Morgan fingerprint density at radius 3 is 2.29 bits per heavy atom. The normalized spacial score (nSPS) is 12.0. The molecule has 0 aliphatic carbocycles. The Labute approximate surface area is 210 Å². The fourth-order valence-electron chi connectivity index (χ4n) is 3.69. The Kier molecular flexibility index (Phi) is 6.74. The van der Waals surface area contributed by atoms with Crippen molar-refractivity contribution in [2.24, 2.45) is 5.73 Å². The molecule has 0 spiro atoms. The van der Waals surface area contributed by atoms with Crippen LogP contribution in [0, 0.1) is 6.92 Å². The summed E-state index contributed by atoms with van der Waals surface area (Å²) < 4.78 is 83.4. The number of alkyl halides is 6. The first-order valence-corrected chi connectivity index (χ1v) is 10.7. The average Bonchev–Trinajstić information content (AvgIpc) is 3.14. The van der Waals surface area contributed by atoms with Crippen molar-refractivity contribution in [2.75, 3.05) is 5.32 Å². The quantitative estimate of drug-likeness (QED) is 0.334. The molecule has 4 aromatic rings. The lowest BCUT2D eigenvalue weighted by Gasteiger charge is -2.12. The summed E-state index contributed by atoms with van der Waals surface area (Å²) in [5.74, 6) is -2.40. The number of primary amides is 1. The molecular formula is C24H17F6N5O3. The number of hydrogen-bond acceptors (Lipinski definition) is 5. The lowest BCUT2D eigenvalue weighted by Crippen LogP contribution is -2.19. The molecule has 0 aliphatic rings. The van der Waals surface area contributed by atoms with Crippen LogP contribution in [0.15, 0.2) is 54.6 Å². The van der Waals surface area contributed by atoms with Gasteiger partial charge in [0.05, 0.1) is 29.0 Å². The minimum absolute atomic E-state index is 0.0743. The van der Waals surface area contributed by atoms with Gasteiger partial charge in [-0.2, -0.15) is 18.3 Å². The molecule has 2 heterocycles. The van der Waals surface area contributed by atoms with Crippen LogP contribution in [0.2, 0.25) is 0 Å². The van der Waals surface area contributed by atoms with E-state index in [1.54, 1.807) is 12.1 Å². The molecule has 38 heavy (non-hydrogen) atoms. The lowest BCUT2D eigenvalue weighted by molar-refractivity contribution is -0.274. The number of rotatable bonds is 6. The van der Waals surface area contributed by atoms with Gasteiger partial charge in [0.15, 0.2) is 5.69 Å². The summed E-state index contributed by atoms with van der Waals surface area (Å²) in [6.45, 7) is 1.04. The summed E-state index contributed by atoms with van der Waals surface area (Å²) >= 11 is 0. The second kappa shape index (κ2) is 9.68. The van der Waals surface area contributed by atoms with Gasteiger partial charge in [-0.1, -0.05) is 30.3 Å². The van der Waals surface area contributed by atoms with Gasteiger partial charge in [0.1, 0.15) is 11.4 Å². The maximum atomic E-state index is 13.8. The Morgan fingerprint density at radius 2 is 1.68 bits per heavy atom. The van der Waals surface area contributed by atoms with Gasteiger partial charge >= 0.3 is 12.5 Å². The fraction of sp³-hybridized carbons (Fsp3) is 0.167. The van der Waals surface area contributed by atoms with Crippen LogP contribution in [0.25, 0.3) is 10.9 Å². The number of nitrogens with two attached hydrogens (primary N) is 1. The number of fused-ring (bicyclic) bond motifs is 1. The van der Waals surface area contributed by atoms with Crippen LogP contribution in [0.5, 0.6) is 5.75 Å². The molecule has 2 aromatic heterocycles. The zero-order valence-corrected chi connectivity index (χ0v) is 19.3. The third kappa shape index (κ3) is 5.68. The second-order valence-electron chi connectivity index (χ2n) is 8.05. The maximum Gasteiger partial charge on any atom is 0.573 e. The molecular weight excluding hydrogens is 520 g/mol. The van der Waals surface area contributed by atoms with Crippen LogP contribution in [0.1, 0.15) is 37.8 Å². The highest BCUT2D eigenvalue weighted by molar-refractivity contribution is 6.14. The summed E-state index contributed by atoms with van der Waals surface area (Å²) in [6, 6.07) is 11.8. The van der Waals surface area contributed by atoms with E-state index in [-0.39, 0.29) is 34.4 Å². The highest BCUT2D eigenvalue weighted by atomic mass is 19.4. The third-order valence-corrected chi connectivity index (χ3v) is 5.42. The molecule has 0 fully saturated rings. The number of nitrogens with zero attached hydrogens (tertiary/aromatic N) is 3. The molecule has 0 bridgehead atoms. The van der Waals surface area contributed by atoms with Crippen LogP contribution in [0.3, 0.4) is 0 Å². The summed E-state index contributed by atoms with van der Waals surface area (Å²) in [5, 5.41) is 6.10. The van der Waals surface area contributed by atoms with Crippen LogP contribution < -0.4 is 15.8 Å². The second-order valence-corrected chi connectivity index (χ2v) is 8.05.